The third kappa shape index (κ3) is 3.76. The summed E-state index contributed by atoms with van der Waals surface area (Å²) in [4.78, 5) is 0. The maximum atomic E-state index is 5.79. The number of allylic oxidation sites excluding steroid dienone is 4. The summed E-state index contributed by atoms with van der Waals surface area (Å²) in [5, 5.41) is 4.66. The van der Waals surface area contributed by atoms with Crippen LogP contribution in [0.3, 0.4) is 0 Å². The Morgan fingerprint density at radius 1 is 1.17 bits per heavy atom. The van der Waals surface area contributed by atoms with Crippen molar-refractivity contribution >= 4 is 23.0 Å². The van der Waals surface area contributed by atoms with Gasteiger partial charge >= 0.3 is 0 Å². The second-order valence-corrected chi connectivity index (χ2v) is 11.3. The van der Waals surface area contributed by atoms with Crippen molar-refractivity contribution in [3.8, 4) is 23.3 Å². The number of thiocarbonyl (C=S) groups is 1. The maximum absolute atomic E-state index is 5.79. The van der Waals surface area contributed by atoms with Crippen molar-refractivity contribution in [3.63, 3.8) is 0 Å². The molecule has 0 bridgehead atoms. The van der Waals surface area contributed by atoms with E-state index in [-0.39, 0.29) is 10.5 Å². The van der Waals surface area contributed by atoms with Gasteiger partial charge in [-0.3, -0.25) is 5.43 Å². The number of nitrogens with one attached hydrogen (secondary N) is 1. The minimum absolute atomic E-state index is 0.212. The van der Waals surface area contributed by atoms with Crippen molar-refractivity contribution in [3.05, 3.63) is 46.6 Å². The fourth-order valence-electron chi connectivity index (χ4n) is 7.73. The molecule has 6 heteroatoms. The molecule has 0 radical (unpaired) electrons. The molecule has 6 rings (SSSR count). The van der Waals surface area contributed by atoms with Crippen LogP contribution < -0.4 is 20.6 Å². The standard InChI is InChI=1S/C29H33N3O2S/c1-3-4-19-7-11-24-22-9-5-17-13-20(31-32-28(30)35)8-10-21(17)27(22)23(15-29(19,24)2)18-6-12-25-26(14-18)34-16-33-25/h6,12-14,19,22-24H,5,7-11,15-16H2,1-2H3,(H3,30,32,35)/b31-20+. The largest absolute Gasteiger partial charge is 0.454 e. The van der Waals surface area contributed by atoms with Gasteiger partial charge in [0, 0.05) is 11.8 Å². The molecule has 0 amide bonds. The molecule has 1 aromatic rings. The molecule has 5 nitrogen and oxygen atoms in total. The average molecular weight is 488 g/mol. The van der Waals surface area contributed by atoms with E-state index in [1.807, 2.05) is 6.92 Å². The first-order valence-corrected chi connectivity index (χ1v) is 13.3. The molecule has 4 aliphatic carbocycles. The van der Waals surface area contributed by atoms with Crippen LogP contribution in [0.2, 0.25) is 0 Å². The molecule has 0 saturated heterocycles. The Balaban J connectivity index is 1.46. The van der Waals surface area contributed by atoms with E-state index in [1.165, 1.54) is 30.4 Å². The molecule has 2 fully saturated rings. The molecule has 5 atom stereocenters. The van der Waals surface area contributed by atoms with Gasteiger partial charge in [-0.2, -0.15) is 5.10 Å². The lowest BCUT2D eigenvalue weighted by Crippen LogP contribution is -2.43. The summed E-state index contributed by atoms with van der Waals surface area (Å²) in [6, 6.07) is 6.59. The van der Waals surface area contributed by atoms with E-state index < -0.39 is 0 Å². The lowest BCUT2D eigenvalue weighted by atomic mass is 9.52. The van der Waals surface area contributed by atoms with E-state index in [9.17, 15) is 0 Å². The predicted molar refractivity (Wildman–Crippen MR) is 142 cm³/mol. The number of hydrogen-bond acceptors (Lipinski definition) is 4. The molecule has 1 heterocycles. The molecule has 5 unspecified atom stereocenters. The van der Waals surface area contributed by atoms with Crippen LogP contribution in [-0.4, -0.2) is 17.6 Å². The number of hydrazone groups is 1. The van der Waals surface area contributed by atoms with Crippen molar-refractivity contribution < 1.29 is 9.47 Å². The van der Waals surface area contributed by atoms with Gasteiger partial charge in [0.1, 0.15) is 0 Å². The van der Waals surface area contributed by atoms with Crippen LogP contribution in [0.5, 0.6) is 11.5 Å². The Hall–Kier alpha value is -2.78. The first-order valence-electron chi connectivity index (χ1n) is 12.9. The van der Waals surface area contributed by atoms with E-state index in [4.69, 9.17) is 27.4 Å². The van der Waals surface area contributed by atoms with E-state index in [2.05, 4.69) is 53.6 Å². The number of fused-ring (bicyclic) bond motifs is 5. The van der Waals surface area contributed by atoms with Crippen LogP contribution in [0.15, 0.2) is 46.1 Å². The second-order valence-electron chi connectivity index (χ2n) is 10.8. The molecular weight excluding hydrogens is 454 g/mol. The lowest BCUT2D eigenvalue weighted by molar-refractivity contribution is 0.0841. The van der Waals surface area contributed by atoms with Gasteiger partial charge < -0.3 is 15.2 Å². The fourth-order valence-corrected chi connectivity index (χ4v) is 7.77. The zero-order chi connectivity index (χ0) is 24.2. The number of nitrogens with two attached hydrogens (primary N) is 1. The molecule has 35 heavy (non-hydrogen) atoms. The molecule has 2 saturated carbocycles. The first-order chi connectivity index (χ1) is 17.0. The van der Waals surface area contributed by atoms with Crippen molar-refractivity contribution in [1.29, 1.82) is 0 Å². The van der Waals surface area contributed by atoms with Crippen molar-refractivity contribution in [2.75, 3.05) is 6.79 Å². The normalized spacial score (nSPS) is 33.8. The quantitative estimate of drug-likeness (QED) is 0.324. The molecule has 0 aromatic heterocycles. The van der Waals surface area contributed by atoms with Crippen molar-refractivity contribution in [2.24, 2.45) is 34.0 Å². The Morgan fingerprint density at radius 2 is 2.03 bits per heavy atom. The van der Waals surface area contributed by atoms with Crippen molar-refractivity contribution in [1.82, 2.24) is 5.43 Å². The fraction of sp³-hybridized carbons (Fsp3) is 0.517. The zero-order valence-corrected chi connectivity index (χ0v) is 21.3. The first kappa shape index (κ1) is 22.7. The van der Waals surface area contributed by atoms with Gasteiger partial charge in [0.15, 0.2) is 16.6 Å². The highest BCUT2D eigenvalue weighted by Crippen LogP contribution is 2.65. The summed E-state index contributed by atoms with van der Waals surface area (Å²) in [6.07, 6.45) is 10.2. The lowest BCUT2D eigenvalue weighted by Gasteiger charge is -2.52. The van der Waals surface area contributed by atoms with Crippen LogP contribution in [0, 0.1) is 35.0 Å². The van der Waals surface area contributed by atoms with Crippen LogP contribution in [0.25, 0.3) is 0 Å². The van der Waals surface area contributed by atoms with Crippen LogP contribution in [0.4, 0.5) is 0 Å². The summed E-state index contributed by atoms with van der Waals surface area (Å²) in [5.41, 5.74) is 15.7. The highest BCUT2D eigenvalue weighted by atomic mass is 32.1. The molecular formula is C29H33N3O2S. The van der Waals surface area contributed by atoms with E-state index in [1.54, 1.807) is 11.1 Å². The monoisotopic (exact) mass is 487 g/mol. The second kappa shape index (κ2) is 8.71. The highest BCUT2D eigenvalue weighted by Gasteiger charge is 2.56. The molecule has 1 aliphatic heterocycles. The Labute approximate surface area is 213 Å². The number of rotatable bonds is 2. The third-order valence-electron chi connectivity index (χ3n) is 9.17. The summed E-state index contributed by atoms with van der Waals surface area (Å²) in [6.45, 7) is 4.83. The summed E-state index contributed by atoms with van der Waals surface area (Å²) >= 11 is 4.94. The van der Waals surface area contributed by atoms with Gasteiger partial charge in [-0.25, -0.2) is 0 Å². The van der Waals surface area contributed by atoms with E-state index in [0.29, 0.717) is 30.5 Å². The van der Waals surface area contributed by atoms with Gasteiger partial charge in [0.05, 0.1) is 5.71 Å². The Morgan fingerprint density at radius 3 is 2.86 bits per heavy atom. The molecule has 1 aromatic carbocycles. The smallest absolute Gasteiger partial charge is 0.231 e. The topological polar surface area (TPSA) is 68.9 Å². The molecule has 5 aliphatic rings. The van der Waals surface area contributed by atoms with Gasteiger partial charge in [-0.05, 0) is 116 Å². The Kier molecular flexibility index (Phi) is 5.64. The highest BCUT2D eigenvalue weighted by molar-refractivity contribution is 7.80. The van der Waals surface area contributed by atoms with Crippen molar-refractivity contribution in [2.45, 2.75) is 64.7 Å². The van der Waals surface area contributed by atoms with Crippen LogP contribution >= 0.6 is 12.2 Å². The number of ether oxygens (including phenoxy) is 2. The molecule has 182 valence electrons. The zero-order valence-electron chi connectivity index (χ0n) is 20.5. The minimum Gasteiger partial charge on any atom is -0.454 e. The summed E-state index contributed by atoms with van der Waals surface area (Å²) in [5.74, 6) is 10.8. The maximum Gasteiger partial charge on any atom is 0.231 e. The van der Waals surface area contributed by atoms with E-state index in [0.717, 1.165) is 42.9 Å². The number of hydrogen-bond donors (Lipinski definition) is 2. The number of nitrogens with zero attached hydrogens (tertiary/aromatic N) is 1. The van der Waals surface area contributed by atoms with Gasteiger partial charge in [0.2, 0.25) is 6.79 Å². The predicted octanol–water partition coefficient (Wildman–Crippen LogP) is 5.57. The molecule has 0 spiro atoms. The van der Waals surface area contributed by atoms with Gasteiger partial charge in [-0.1, -0.05) is 24.5 Å². The molecule has 3 N–H and O–H groups in total. The van der Waals surface area contributed by atoms with Crippen LogP contribution in [0.1, 0.15) is 70.3 Å². The summed E-state index contributed by atoms with van der Waals surface area (Å²) in [7, 11) is 0. The third-order valence-corrected chi connectivity index (χ3v) is 9.27. The number of benzene rings is 1. The van der Waals surface area contributed by atoms with Crippen LogP contribution in [-0.2, 0) is 0 Å². The van der Waals surface area contributed by atoms with Gasteiger partial charge in [0.25, 0.3) is 0 Å². The average Bonchev–Trinajstić information content (AvgIpc) is 3.45. The minimum atomic E-state index is 0.212. The SMILES string of the molecule is CC#CC1CCC2C3CCC4=C/C(=N/NC(N)=S)CCC4=C3C(c3ccc4c(c3)OCO4)CC12C. The summed E-state index contributed by atoms with van der Waals surface area (Å²) < 4.78 is 11.4. The Bertz CT molecular complexity index is 1240. The van der Waals surface area contributed by atoms with Gasteiger partial charge in [-0.15, -0.1) is 5.92 Å². The van der Waals surface area contributed by atoms with E-state index >= 15 is 0 Å².